The van der Waals surface area contributed by atoms with Crippen LogP contribution in [-0.2, 0) is 28.1 Å². The summed E-state index contributed by atoms with van der Waals surface area (Å²) in [6.07, 6.45) is 10.9. The maximum Gasteiger partial charge on any atom is 4.00 e. The summed E-state index contributed by atoms with van der Waals surface area (Å²) < 4.78 is 14.4. The molecule has 9 rings (SSSR count). The van der Waals surface area contributed by atoms with Crippen LogP contribution in [-0.4, -0.2) is 9.13 Å². The number of aryl methyl sites for hydroxylation is 1. The van der Waals surface area contributed by atoms with Gasteiger partial charge in [0.2, 0.25) is 6.33 Å². The SMILES string of the molecule is C[n+]1[c-]n(-c2[c-]c(Oc3[c-]c(-n4[c-][n+](-c5c(-c6ccccc6)cccc5-c5ccccc5)c5c6ccccc6ccc54)ccc3)ccc2)cc1.[Pt+4]. The molecule has 0 saturated carbocycles. The smallest absolute Gasteiger partial charge is 0.510 e. The fourth-order valence-electron chi connectivity index (χ4n) is 6.61. The summed E-state index contributed by atoms with van der Waals surface area (Å²) in [6.45, 7) is 0. The van der Waals surface area contributed by atoms with E-state index in [1.165, 1.54) is 0 Å². The second-order valence-corrected chi connectivity index (χ2v) is 12.1. The van der Waals surface area contributed by atoms with Gasteiger partial charge in [0.25, 0.3) is 6.33 Å². The number of para-hydroxylation sites is 1. The van der Waals surface area contributed by atoms with Gasteiger partial charge in [-0.05, 0) is 38.7 Å². The van der Waals surface area contributed by atoms with Crippen molar-refractivity contribution in [3.05, 3.63) is 189 Å². The third kappa shape index (κ3) is 6.07. The summed E-state index contributed by atoms with van der Waals surface area (Å²) in [4.78, 5) is 0. The second-order valence-electron chi connectivity index (χ2n) is 12.1. The third-order valence-corrected chi connectivity index (χ3v) is 8.90. The van der Waals surface area contributed by atoms with Gasteiger partial charge in [0.05, 0.1) is 23.8 Å². The molecule has 51 heavy (non-hydrogen) atoms. The molecule has 9 aromatic rings. The van der Waals surface area contributed by atoms with Crippen LogP contribution in [0.1, 0.15) is 0 Å². The molecule has 0 amide bonds. The number of hydrogen-bond acceptors (Lipinski definition) is 1. The summed E-state index contributed by atoms with van der Waals surface area (Å²) in [5.41, 5.74) is 9.26. The Bertz CT molecular complexity index is 2590. The molecule has 0 aliphatic carbocycles. The van der Waals surface area contributed by atoms with Gasteiger partial charge in [-0.2, -0.15) is 24.3 Å². The Balaban J connectivity index is 0.00000374. The summed E-state index contributed by atoms with van der Waals surface area (Å²) in [5.74, 6) is 1.17. The van der Waals surface area contributed by atoms with Crippen LogP contribution in [0.4, 0.5) is 0 Å². The zero-order chi connectivity index (χ0) is 33.4. The number of hydrogen-bond donors (Lipinski definition) is 0. The number of rotatable bonds is 7. The first kappa shape index (κ1) is 32.2. The van der Waals surface area contributed by atoms with Crippen LogP contribution in [0.3, 0.4) is 0 Å². The molecule has 7 aromatic carbocycles. The minimum atomic E-state index is 0. The van der Waals surface area contributed by atoms with Gasteiger partial charge in [-0.1, -0.05) is 121 Å². The minimum absolute atomic E-state index is 0. The zero-order valence-electron chi connectivity index (χ0n) is 27.6. The molecule has 0 N–H and O–H groups in total. The first-order valence-electron chi connectivity index (χ1n) is 16.5. The van der Waals surface area contributed by atoms with Gasteiger partial charge in [-0.25, -0.2) is 0 Å². The Morgan fingerprint density at radius 1 is 0.569 bits per heavy atom. The van der Waals surface area contributed by atoms with Crippen LogP contribution < -0.4 is 13.9 Å². The number of aromatic nitrogens is 4. The summed E-state index contributed by atoms with van der Waals surface area (Å²) in [5, 5.41) is 2.29. The van der Waals surface area contributed by atoms with Gasteiger partial charge in [0, 0.05) is 23.9 Å². The minimum Gasteiger partial charge on any atom is -0.510 e. The van der Waals surface area contributed by atoms with Crippen LogP contribution in [0.5, 0.6) is 11.5 Å². The van der Waals surface area contributed by atoms with Gasteiger partial charge in [-0.3, -0.25) is 4.57 Å². The van der Waals surface area contributed by atoms with E-state index in [0.29, 0.717) is 11.5 Å². The predicted molar refractivity (Wildman–Crippen MR) is 196 cm³/mol. The molecular formula is C45H30N4OPt+2. The van der Waals surface area contributed by atoms with E-state index in [1.54, 1.807) is 0 Å². The van der Waals surface area contributed by atoms with Crippen molar-refractivity contribution in [1.29, 1.82) is 0 Å². The van der Waals surface area contributed by atoms with E-state index in [4.69, 9.17) is 4.74 Å². The number of nitrogens with zero attached hydrogens (tertiary/aromatic N) is 4. The van der Waals surface area contributed by atoms with Crippen LogP contribution in [0.25, 0.3) is 61.1 Å². The Kier molecular flexibility index (Phi) is 8.65. The van der Waals surface area contributed by atoms with Crippen molar-refractivity contribution < 1.29 is 34.9 Å². The van der Waals surface area contributed by atoms with Crippen LogP contribution in [0.15, 0.2) is 164 Å². The van der Waals surface area contributed by atoms with Crippen molar-refractivity contribution in [2.45, 2.75) is 0 Å². The third-order valence-electron chi connectivity index (χ3n) is 8.90. The fourth-order valence-corrected chi connectivity index (χ4v) is 6.61. The van der Waals surface area contributed by atoms with E-state index in [1.807, 2.05) is 65.0 Å². The van der Waals surface area contributed by atoms with Gasteiger partial charge < -0.3 is 18.4 Å². The Hall–Kier alpha value is -6.03. The van der Waals surface area contributed by atoms with Crippen LogP contribution >= 0.6 is 0 Å². The van der Waals surface area contributed by atoms with Gasteiger partial charge >= 0.3 is 21.1 Å². The van der Waals surface area contributed by atoms with E-state index >= 15 is 0 Å². The molecule has 0 aliphatic rings. The standard InChI is InChI=1S/C45H30N4O.Pt/c1-46-27-28-47(31-46)36-18-10-20-38(29-36)50-39-21-11-19-37(30-39)48-32-49(45-42-22-9-8-17-35(42)25-26-43(45)48)44-40(33-13-4-2-5-14-33)23-12-24-41(44)34-15-6-3-7-16-34;/h2-28H,1H3;/q-2;+4. The molecule has 0 unspecified atom stereocenters. The maximum atomic E-state index is 6.36. The average Bonchev–Trinajstić information content (AvgIpc) is 3.80. The quantitative estimate of drug-likeness (QED) is 0.116. The van der Waals surface area contributed by atoms with Crippen LogP contribution in [0.2, 0.25) is 0 Å². The normalized spacial score (nSPS) is 11.1. The molecule has 0 spiro atoms. The molecule has 244 valence electrons. The molecule has 6 heteroatoms. The van der Waals surface area contributed by atoms with E-state index in [-0.39, 0.29) is 21.1 Å². The van der Waals surface area contributed by atoms with Gasteiger partial charge in [0.15, 0.2) is 0 Å². The van der Waals surface area contributed by atoms with E-state index < -0.39 is 0 Å². The van der Waals surface area contributed by atoms with Crippen molar-refractivity contribution in [3.63, 3.8) is 0 Å². The Morgan fingerprint density at radius 3 is 1.84 bits per heavy atom. The zero-order valence-corrected chi connectivity index (χ0v) is 29.9. The van der Waals surface area contributed by atoms with Crippen LogP contribution in [0, 0.1) is 24.8 Å². The Labute approximate surface area is 311 Å². The van der Waals surface area contributed by atoms with Gasteiger partial charge in [-0.15, -0.1) is 24.3 Å². The Morgan fingerprint density at radius 2 is 1.18 bits per heavy atom. The molecule has 0 saturated heterocycles. The van der Waals surface area contributed by atoms with E-state index in [0.717, 1.165) is 61.1 Å². The molecule has 0 fully saturated rings. The van der Waals surface area contributed by atoms with E-state index in [9.17, 15) is 0 Å². The average molecular weight is 838 g/mol. The molecule has 5 nitrogen and oxygen atoms in total. The predicted octanol–water partition coefficient (Wildman–Crippen LogP) is 9.00. The molecule has 0 atom stereocenters. The van der Waals surface area contributed by atoms with Crippen molar-refractivity contribution in [2.75, 3.05) is 0 Å². The first-order valence-corrected chi connectivity index (χ1v) is 16.5. The summed E-state index contributed by atoms with van der Waals surface area (Å²) >= 11 is 0. The molecule has 0 aliphatic heterocycles. The van der Waals surface area contributed by atoms with Crippen molar-refractivity contribution in [1.82, 2.24) is 9.13 Å². The fraction of sp³-hybridized carbons (Fsp3) is 0.0222. The molecule has 2 aromatic heterocycles. The van der Waals surface area contributed by atoms with Crippen molar-refractivity contribution in [2.24, 2.45) is 7.05 Å². The molecule has 2 heterocycles. The summed E-state index contributed by atoms with van der Waals surface area (Å²) in [6, 6.07) is 59.2. The monoisotopic (exact) mass is 837 g/mol. The molecule has 0 radical (unpaired) electrons. The topological polar surface area (TPSA) is 26.8 Å². The molecule has 0 bridgehead atoms. The maximum absolute atomic E-state index is 6.36. The summed E-state index contributed by atoms with van der Waals surface area (Å²) in [7, 11) is 1.94. The number of benzene rings is 7. The molecular weight excluding hydrogens is 808 g/mol. The number of imidazole rings is 2. The van der Waals surface area contributed by atoms with E-state index in [2.05, 4.69) is 149 Å². The van der Waals surface area contributed by atoms with Crippen molar-refractivity contribution >= 4 is 21.8 Å². The van der Waals surface area contributed by atoms with Crippen molar-refractivity contribution in [3.8, 4) is 50.8 Å². The first-order chi connectivity index (χ1) is 24.7. The number of ether oxygens (including phenoxy) is 1. The largest absolute Gasteiger partial charge is 4.00 e. The van der Waals surface area contributed by atoms with Gasteiger partial charge in [0.1, 0.15) is 0 Å². The second kappa shape index (κ2) is 13.7. The number of fused-ring (bicyclic) bond motifs is 3.